The summed E-state index contributed by atoms with van der Waals surface area (Å²) in [6.07, 6.45) is 5.78. The number of morpholine rings is 1. The third-order valence-corrected chi connectivity index (χ3v) is 6.69. The molecule has 0 radical (unpaired) electrons. The van der Waals surface area contributed by atoms with Gasteiger partial charge in [-0.2, -0.15) is 5.10 Å². The van der Waals surface area contributed by atoms with E-state index in [0.717, 1.165) is 64.5 Å². The highest BCUT2D eigenvalue weighted by Gasteiger charge is 2.31. The Hall–Kier alpha value is -2.88. The van der Waals surface area contributed by atoms with Crippen LogP contribution < -0.4 is 10.6 Å². The molecule has 2 aliphatic rings. The van der Waals surface area contributed by atoms with E-state index < -0.39 is 0 Å². The summed E-state index contributed by atoms with van der Waals surface area (Å²) in [6, 6.07) is 9.47. The molecule has 2 unspecified atom stereocenters. The smallest absolute Gasteiger partial charge is 0.148 e. The zero-order valence-corrected chi connectivity index (χ0v) is 17.0. The van der Waals surface area contributed by atoms with Crippen LogP contribution in [0.5, 0.6) is 0 Å². The zero-order chi connectivity index (χ0) is 19.9. The Bertz CT molecular complexity index is 1150. The molecule has 8 nitrogen and oxygen atoms in total. The number of anilines is 1. The Morgan fingerprint density at radius 3 is 2.67 bits per heavy atom. The summed E-state index contributed by atoms with van der Waals surface area (Å²) < 4.78 is 6.74. The Morgan fingerprint density at radius 2 is 1.90 bits per heavy atom. The molecule has 2 aliphatic heterocycles. The fourth-order valence-corrected chi connectivity index (χ4v) is 5.34. The van der Waals surface area contributed by atoms with Crippen molar-refractivity contribution in [2.75, 3.05) is 18.5 Å². The number of nitrogens with zero attached hydrogens (tertiary/aromatic N) is 4. The SMILES string of the molecule is c1nc2c(-c3cn[nH]c3)ccc(-c3ccc(NC4CC5COCC(C4)N5)nn3)c2s1. The van der Waals surface area contributed by atoms with Crippen molar-refractivity contribution in [2.24, 2.45) is 0 Å². The maximum absolute atomic E-state index is 5.63. The van der Waals surface area contributed by atoms with Crippen LogP contribution in [-0.4, -0.2) is 56.7 Å². The van der Waals surface area contributed by atoms with E-state index in [1.807, 2.05) is 30.0 Å². The van der Waals surface area contributed by atoms with Gasteiger partial charge in [-0.15, -0.1) is 21.5 Å². The molecule has 2 saturated heterocycles. The van der Waals surface area contributed by atoms with Crippen LogP contribution in [0.1, 0.15) is 12.8 Å². The molecule has 2 atom stereocenters. The van der Waals surface area contributed by atoms with Crippen LogP contribution in [0.15, 0.2) is 42.2 Å². The van der Waals surface area contributed by atoms with E-state index >= 15 is 0 Å². The molecular weight excluding hydrogens is 398 g/mol. The van der Waals surface area contributed by atoms with Gasteiger partial charge in [0.05, 0.1) is 40.8 Å². The number of thiazole rings is 1. The van der Waals surface area contributed by atoms with Gasteiger partial charge in [-0.25, -0.2) is 4.98 Å². The van der Waals surface area contributed by atoms with E-state index in [4.69, 9.17) is 4.74 Å². The zero-order valence-electron chi connectivity index (χ0n) is 16.2. The minimum atomic E-state index is 0.396. The molecule has 152 valence electrons. The van der Waals surface area contributed by atoms with Crippen LogP contribution in [0, 0.1) is 0 Å². The summed E-state index contributed by atoms with van der Waals surface area (Å²) >= 11 is 1.62. The Balaban J connectivity index is 1.25. The van der Waals surface area contributed by atoms with Crippen LogP contribution >= 0.6 is 11.3 Å². The normalized spacial score (nSPS) is 23.5. The molecule has 30 heavy (non-hydrogen) atoms. The maximum Gasteiger partial charge on any atom is 0.148 e. The highest BCUT2D eigenvalue weighted by atomic mass is 32.1. The Morgan fingerprint density at radius 1 is 1.03 bits per heavy atom. The van der Waals surface area contributed by atoms with Gasteiger partial charge < -0.3 is 15.4 Å². The molecule has 0 amide bonds. The van der Waals surface area contributed by atoms with E-state index in [-0.39, 0.29) is 0 Å². The minimum absolute atomic E-state index is 0.396. The van der Waals surface area contributed by atoms with Crippen molar-refractivity contribution >= 4 is 27.4 Å². The molecule has 3 aromatic heterocycles. The van der Waals surface area contributed by atoms with Crippen LogP contribution in [0.25, 0.3) is 32.6 Å². The van der Waals surface area contributed by atoms with E-state index in [1.165, 1.54) is 0 Å². The van der Waals surface area contributed by atoms with Gasteiger partial charge in [-0.3, -0.25) is 5.10 Å². The fraction of sp³-hybridized carbons (Fsp3) is 0.333. The molecule has 2 fully saturated rings. The van der Waals surface area contributed by atoms with Gasteiger partial charge in [-0.1, -0.05) is 12.1 Å². The van der Waals surface area contributed by atoms with Crippen LogP contribution in [0.2, 0.25) is 0 Å². The Kier molecular flexibility index (Phi) is 4.44. The summed E-state index contributed by atoms with van der Waals surface area (Å²) in [6.45, 7) is 1.58. The lowest BCUT2D eigenvalue weighted by molar-refractivity contribution is 0.0207. The number of H-pyrrole nitrogens is 1. The van der Waals surface area contributed by atoms with Gasteiger partial charge in [0.15, 0.2) is 0 Å². The van der Waals surface area contributed by atoms with Crippen molar-refractivity contribution in [3.8, 4) is 22.4 Å². The molecule has 0 aliphatic carbocycles. The standard InChI is InChI=1S/C21H21N7OS/c1-2-17(21-20(22-11-30-21)16(1)12-7-23-24-8-12)18-3-4-19(28-27-18)26-13-5-14-9-29-10-15(6-13)25-14/h1-4,7-8,11,13-15,25H,5-6,9-10H2,(H,23,24)(H,26,28). The lowest BCUT2D eigenvalue weighted by Gasteiger charge is -2.40. The van der Waals surface area contributed by atoms with E-state index in [0.29, 0.717) is 18.1 Å². The lowest BCUT2D eigenvalue weighted by atomic mass is 9.93. The third-order valence-electron chi connectivity index (χ3n) is 5.83. The van der Waals surface area contributed by atoms with Crippen molar-refractivity contribution in [2.45, 2.75) is 31.0 Å². The molecule has 0 saturated carbocycles. The second-order valence-electron chi connectivity index (χ2n) is 7.89. The second kappa shape index (κ2) is 7.42. The predicted molar refractivity (Wildman–Crippen MR) is 116 cm³/mol. The number of aromatic nitrogens is 5. The number of fused-ring (bicyclic) bond motifs is 3. The molecule has 5 heterocycles. The fourth-order valence-electron chi connectivity index (χ4n) is 4.50. The maximum atomic E-state index is 5.63. The number of aromatic amines is 1. The van der Waals surface area contributed by atoms with Gasteiger partial charge in [0.25, 0.3) is 0 Å². The topological polar surface area (TPSA) is 101 Å². The summed E-state index contributed by atoms with van der Waals surface area (Å²) in [5.74, 6) is 0.820. The monoisotopic (exact) mass is 419 g/mol. The lowest BCUT2D eigenvalue weighted by Crippen LogP contribution is -2.56. The van der Waals surface area contributed by atoms with Crippen molar-refractivity contribution in [1.82, 2.24) is 30.7 Å². The number of hydrogen-bond donors (Lipinski definition) is 3. The number of nitrogens with one attached hydrogen (secondary N) is 3. The first-order valence-corrected chi connectivity index (χ1v) is 11.0. The molecule has 6 rings (SSSR count). The summed E-state index contributed by atoms with van der Waals surface area (Å²) in [4.78, 5) is 4.58. The first kappa shape index (κ1) is 17.9. The second-order valence-corrected chi connectivity index (χ2v) is 8.75. The molecule has 3 N–H and O–H groups in total. The first-order valence-electron chi connectivity index (χ1n) is 10.1. The largest absolute Gasteiger partial charge is 0.378 e. The number of ether oxygens (including phenoxy) is 1. The molecule has 9 heteroatoms. The van der Waals surface area contributed by atoms with Gasteiger partial charge >= 0.3 is 0 Å². The molecule has 0 spiro atoms. The molecule has 1 aromatic carbocycles. The van der Waals surface area contributed by atoms with Crippen LogP contribution in [0.3, 0.4) is 0 Å². The number of hydrogen-bond acceptors (Lipinski definition) is 8. The van der Waals surface area contributed by atoms with Crippen LogP contribution in [-0.2, 0) is 4.74 Å². The minimum Gasteiger partial charge on any atom is -0.378 e. The summed E-state index contributed by atoms with van der Waals surface area (Å²) in [5, 5.41) is 23.1. The number of rotatable bonds is 4. The summed E-state index contributed by atoms with van der Waals surface area (Å²) in [7, 11) is 0. The summed E-state index contributed by atoms with van der Waals surface area (Å²) in [5.41, 5.74) is 6.83. The Labute approximate surface area is 177 Å². The van der Waals surface area contributed by atoms with Crippen LogP contribution in [0.4, 0.5) is 5.82 Å². The quantitative estimate of drug-likeness (QED) is 0.467. The van der Waals surface area contributed by atoms with E-state index in [1.54, 1.807) is 11.3 Å². The molecule has 4 aromatic rings. The number of benzene rings is 1. The molecule has 2 bridgehead atoms. The van der Waals surface area contributed by atoms with Gasteiger partial charge in [0, 0.05) is 41.0 Å². The van der Waals surface area contributed by atoms with Gasteiger partial charge in [-0.05, 0) is 25.0 Å². The van der Waals surface area contributed by atoms with E-state index in [9.17, 15) is 0 Å². The van der Waals surface area contributed by atoms with Crippen molar-refractivity contribution in [3.05, 3.63) is 42.2 Å². The molecular formula is C21H21N7OS. The van der Waals surface area contributed by atoms with Gasteiger partial charge in [0.1, 0.15) is 5.82 Å². The highest BCUT2D eigenvalue weighted by molar-refractivity contribution is 7.17. The van der Waals surface area contributed by atoms with Crippen molar-refractivity contribution < 1.29 is 4.74 Å². The average Bonchev–Trinajstić information content (AvgIpc) is 3.46. The number of piperidine rings is 1. The van der Waals surface area contributed by atoms with Crippen molar-refractivity contribution in [1.29, 1.82) is 0 Å². The van der Waals surface area contributed by atoms with Gasteiger partial charge in [0.2, 0.25) is 0 Å². The first-order chi connectivity index (χ1) is 14.8. The predicted octanol–water partition coefficient (Wildman–Crippen LogP) is 3.07. The highest BCUT2D eigenvalue weighted by Crippen LogP contribution is 2.36. The average molecular weight is 420 g/mol. The van der Waals surface area contributed by atoms with Crippen molar-refractivity contribution in [3.63, 3.8) is 0 Å². The third kappa shape index (κ3) is 3.24. The van der Waals surface area contributed by atoms with E-state index in [2.05, 4.69) is 48.1 Å².